The van der Waals surface area contributed by atoms with Crippen LogP contribution < -0.4 is 4.74 Å². The highest BCUT2D eigenvalue weighted by Gasteiger charge is 2.22. The summed E-state index contributed by atoms with van der Waals surface area (Å²) in [7, 11) is 2.96. The summed E-state index contributed by atoms with van der Waals surface area (Å²) < 4.78 is 9.68. The Morgan fingerprint density at radius 3 is 2.70 bits per heavy atom. The van der Waals surface area contributed by atoms with Gasteiger partial charge in [0.25, 0.3) is 0 Å². The third-order valence-electron chi connectivity index (χ3n) is 2.72. The zero-order chi connectivity index (χ0) is 15.1. The first-order valence-corrected chi connectivity index (χ1v) is 6.23. The Morgan fingerprint density at radius 2 is 2.10 bits per heavy atom. The van der Waals surface area contributed by atoms with E-state index in [0.717, 1.165) is 4.90 Å². The molecule has 1 amide bonds. The van der Waals surface area contributed by atoms with Crippen molar-refractivity contribution < 1.29 is 24.2 Å². The average molecular weight is 281 g/mol. The first-order valence-electron chi connectivity index (χ1n) is 6.23. The topological polar surface area (TPSA) is 76.1 Å². The van der Waals surface area contributed by atoms with Crippen LogP contribution in [0.15, 0.2) is 24.3 Å². The molecule has 20 heavy (non-hydrogen) atoms. The highest BCUT2D eigenvalue weighted by Crippen LogP contribution is 2.19. The molecule has 0 heterocycles. The van der Waals surface area contributed by atoms with Crippen LogP contribution in [0.5, 0.6) is 5.75 Å². The highest BCUT2D eigenvalue weighted by atomic mass is 16.5. The van der Waals surface area contributed by atoms with E-state index in [-0.39, 0.29) is 13.2 Å². The molecule has 0 spiro atoms. The minimum absolute atomic E-state index is 0.00911. The number of esters is 1. The molecule has 1 unspecified atom stereocenters. The predicted molar refractivity (Wildman–Crippen MR) is 72.2 cm³/mol. The number of aliphatic hydroxyl groups is 1. The third kappa shape index (κ3) is 4.24. The van der Waals surface area contributed by atoms with Crippen LogP contribution in [0.25, 0.3) is 0 Å². The summed E-state index contributed by atoms with van der Waals surface area (Å²) >= 11 is 0. The van der Waals surface area contributed by atoms with Crippen LogP contribution in [-0.2, 0) is 14.3 Å². The highest BCUT2D eigenvalue weighted by molar-refractivity contribution is 6.32. The molecule has 1 aromatic carbocycles. The molecule has 0 saturated heterocycles. The molecule has 1 N–H and O–H groups in total. The molecule has 0 bridgehead atoms. The van der Waals surface area contributed by atoms with Crippen LogP contribution in [0.1, 0.15) is 18.6 Å². The van der Waals surface area contributed by atoms with Crippen LogP contribution in [-0.4, -0.2) is 49.2 Å². The monoisotopic (exact) mass is 281 g/mol. The molecule has 0 aliphatic heterocycles. The lowest BCUT2D eigenvalue weighted by molar-refractivity contribution is -0.159. The molecular weight excluding hydrogens is 262 g/mol. The van der Waals surface area contributed by atoms with E-state index < -0.39 is 18.0 Å². The first-order chi connectivity index (χ1) is 9.49. The van der Waals surface area contributed by atoms with Gasteiger partial charge in [-0.1, -0.05) is 12.1 Å². The summed E-state index contributed by atoms with van der Waals surface area (Å²) in [5.41, 5.74) is 0.604. The fourth-order valence-corrected chi connectivity index (χ4v) is 1.65. The zero-order valence-corrected chi connectivity index (χ0v) is 11.8. The van der Waals surface area contributed by atoms with Crippen molar-refractivity contribution in [1.82, 2.24) is 4.90 Å². The third-order valence-corrected chi connectivity index (χ3v) is 2.72. The van der Waals surface area contributed by atoms with Crippen LogP contribution in [0, 0.1) is 0 Å². The number of amides is 1. The lowest BCUT2D eigenvalue weighted by atomic mass is 10.1. The molecule has 1 aromatic rings. The van der Waals surface area contributed by atoms with Crippen LogP contribution in [0.3, 0.4) is 0 Å². The summed E-state index contributed by atoms with van der Waals surface area (Å²) in [4.78, 5) is 24.1. The molecule has 0 saturated carbocycles. The van der Waals surface area contributed by atoms with E-state index in [0.29, 0.717) is 11.3 Å². The number of hydrogen-bond donors (Lipinski definition) is 1. The maximum absolute atomic E-state index is 11.6. The van der Waals surface area contributed by atoms with E-state index >= 15 is 0 Å². The summed E-state index contributed by atoms with van der Waals surface area (Å²) in [5.74, 6) is -1.09. The molecule has 0 aliphatic rings. The van der Waals surface area contributed by atoms with Crippen molar-refractivity contribution in [1.29, 1.82) is 0 Å². The molecule has 0 aliphatic carbocycles. The van der Waals surface area contributed by atoms with Gasteiger partial charge in [0.15, 0.2) is 0 Å². The maximum atomic E-state index is 11.6. The van der Waals surface area contributed by atoms with E-state index in [1.807, 2.05) is 0 Å². The number of carbonyl (C=O) groups excluding carboxylic acids is 2. The van der Waals surface area contributed by atoms with Crippen molar-refractivity contribution in [3.63, 3.8) is 0 Å². The Labute approximate surface area is 117 Å². The van der Waals surface area contributed by atoms with Crippen LogP contribution in [0.2, 0.25) is 0 Å². The van der Waals surface area contributed by atoms with Gasteiger partial charge in [-0.2, -0.15) is 0 Å². The van der Waals surface area contributed by atoms with Crippen molar-refractivity contribution in [3.8, 4) is 5.75 Å². The molecule has 6 nitrogen and oxygen atoms in total. The van der Waals surface area contributed by atoms with Gasteiger partial charge in [0.2, 0.25) is 0 Å². The number of methoxy groups -OCH3 is 1. The van der Waals surface area contributed by atoms with Crippen LogP contribution >= 0.6 is 0 Å². The Kier molecular flexibility index (Phi) is 5.99. The Balaban J connectivity index is 2.67. The zero-order valence-electron chi connectivity index (χ0n) is 11.8. The minimum Gasteiger partial charge on any atom is -0.497 e. The van der Waals surface area contributed by atoms with Crippen molar-refractivity contribution in [3.05, 3.63) is 29.8 Å². The fraction of sp³-hybridized carbons (Fsp3) is 0.429. The van der Waals surface area contributed by atoms with Gasteiger partial charge in [-0.25, -0.2) is 4.79 Å². The number of aliphatic hydroxyl groups excluding tert-OH is 1. The van der Waals surface area contributed by atoms with Gasteiger partial charge in [0.05, 0.1) is 26.4 Å². The molecule has 0 aromatic heterocycles. The van der Waals surface area contributed by atoms with Crippen molar-refractivity contribution in [2.75, 3.05) is 27.3 Å². The second-order valence-electron chi connectivity index (χ2n) is 4.20. The number of nitrogens with zero attached hydrogens (tertiary/aromatic N) is 1. The molecule has 1 atom stereocenters. The largest absolute Gasteiger partial charge is 0.497 e. The quantitative estimate of drug-likeness (QED) is 0.636. The standard InChI is InChI=1S/C14H19NO5/c1-4-20-14(18)13(17)15(2)9-12(16)10-6-5-7-11(8-10)19-3/h5-8,12,16H,4,9H2,1-3H3. The van der Waals surface area contributed by atoms with E-state index in [1.54, 1.807) is 31.2 Å². The maximum Gasteiger partial charge on any atom is 0.397 e. The van der Waals surface area contributed by atoms with E-state index in [4.69, 9.17) is 4.74 Å². The second-order valence-corrected chi connectivity index (χ2v) is 4.20. The Hall–Kier alpha value is -2.08. The van der Waals surface area contributed by atoms with Gasteiger partial charge < -0.3 is 19.5 Å². The SMILES string of the molecule is CCOC(=O)C(=O)N(C)CC(O)c1cccc(OC)c1. The normalized spacial score (nSPS) is 11.6. The molecular formula is C14H19NO5. The smallest absolute Gasteiger partial charge is 0.397 e. The van der Waals surface area contributed by atoms with Crippen molar-refractivity contribution in [2.45, 2.75) is 13.0 Å². The summed E-state index contributed by atoms with van der Waals surface area (Å²) in [6.45, 7) is 1.75. The second kappa shape index (κ2) is 7.49. The van der Waals surface area contributed by atoms with Gasteiger partial charge in [-0.15, -0.1) is 0 Å². The van der Waals surface area contributed by atoms with E-state index in [1.165, 1.54) is 14.2 Å². The van der Waals surface area contributed by atoms with Gasteiger partial charge in [0.1, 0.15) is 5.75 Å². The number of benzene rings is 1. The minimum atomic E-state index is -0.923. The Bertz CT molecular complexity index is 474. The van der Waals surface area contributed by atoms with Crippen molar-refractivity contribution in [2.24, 2.45) is 0 Å². The number of hydrogen-bond acceptors (Lipinski definition) is 5. The molecule has 0 radical (unpaired) electrons. The first kappa shape index (κ1) is 16.0. The number of carbonyl (C=O) groups is 2. The van der Waals surface area contributed by atoms with Gasteiger partial charge in [0, 0.05) is 7.05 Å². The summed E-state index contributed by atoms with van der Waals surface area (Å²) in [6, 6.07) is 6.89. The number of ether oxygens (including phenoxy) is 2. The average Bonchev–Trinajstić information content (AvgIpc) is 2.46. The lowest BCUT2D eigenvalue weighted by Gasteiger charge is -2.20. The summed E-state index contributed by atoms with van der Waals surface area (Å²) in [6.07, 6.45) is -0.909. The van der Waals surface area contributed by atoms with E-state index in [2.05, 4.69) is 4.74 Å². The predicted octanol–water partition coefficient (Wildman–Crippen LogP) is 0.750. The summed E-state index contributed by atoms with van der Waals surface area (Å²) in [5, 5.41) is 10.1. The van der Waals surface area contributed by atoms with Crippen molar-refractivity contribution >= 4 is 11.9 Å². The lowest BCUT2D eigenvalue weighted by Crippen LogP contribution is -2.37. The van der Waals surface area contributed by atoms with Crippen LogP contribution in [0.4, 0.5) is 0 Å². The molecule has 1 rings (SSSR count). The van der Waals surface area contributed by atoms with Gasteiger partial charge >= 0.3 is 11.9 Å². The fourth-order valence-electron chi connectivity index (χ4n) is 1.65. The molecule has 110 valence electrons. The Morgan fingerprint density at radius 1 is 1.40 bits per heavy atom. The molecule has 6 heteroatoms. The number of rotatable bonds is 5. The van der Waals surface area contributed by atoms with Gasteiger partial charge in [-0.3, -0.25) is 4.79 Å². The molecule has 0 fully saturated rings. The number of likely N-dealkylation sites (N-methyl/N-ethyl adjacent to an activating group) is 1. The van der Waals surface area contributed by atoms with E-state index in [9.17, 15) is 14.7 Å². The van der Waals surface area contributed by atoms with Gasteiger partial charge in [-0.05, 0) is 24.6 Å².